The van der Waals surface area contributed by atoms with Gasteiger partial charge in [-0.15, -0.1) is 0 Å². The molecule has 0 amide bonds. The van der Waals surface area contributed by atoms with E-state index in [9.17, 15) is 12.9 Å². The number of rotatable bonds is 2. The standard InChI is InChI=1S/C6H11FO3S/c7-10-11(8,9)6-4-2-1-3-5-6/h6H,1-5H2. The molecule has 0 unspecified atom stereocenters. The third-order valence-electron chi connectivity index (χ3n) is 2.05. The highest BCUT2D eigenvalue weighted by atomic mass is 32.2. The van der Waals surface area contributed by atoms with E-state index in [2.05, 4.69) is 4.39 Å². The largest absolute Gasteiger partial charge is 0.300 e. The second kappa shape index (κ2) is 3.49. The summed E-state index contributed by atoms with van der Waals surface area (Å²) in [6.07, 6.45) is 3.82. The molecule has 0 atom stereocenters. The van der Waals surface area contributed by atoms with E-state index >= 15 is 0 Å². The fourth-order valence-corrected chi connectivity index (χ4v) is 2.42. The predicted molar refractivity (Wildman–Crippen MR) is 38.0 cm³/mol. The van der Waals surface area contributed by atoms with Gasteiger partial charge in [-0.3, -0.25) is 0 Å². The molecule has 0 aromatic heterocycles. The molecule has 0 N–H and O–H groups in total. The van der Waals surface area contributed by atoms with Crippen molar-refractivity contribution < 1.29 is 17.3 Å². The van der Waals surface area contributed by atoms with Gasteiger partial charge in [0.25, 0.3) is 0 Å². The van der Waals surface area contributed by atoms with Crippen LogP contribution in [0.3, 0.4) is 0 Å². The van der Waals surface area contributed by atoms with Gasteiger partial charge in [-0.05, 0) is 17.4 Å². The van der Waals surface area contributed by atoms with E-state index in [0.717, 1.165) is 19.3 Å². The Balaban J connectivity index is 2.58. The first kappa shape index (κ1) is 8.93. The Kier molecular flexibility index (Phi) is 2.84. The summed E-state index contributed by atoms with van der Waals surface area (Å²) >= 11 is 0. The summed E-state index contributed by atoms with van der Waals surface area (Å²) in [4.78, 5) is 0. The van der Waals surface area contributed by atoms with Crippen molar-refractivity contribution >= 4 is 10.1 Å². The van der Waals surface area contributed by atoms with Crippen molar-refractivity contribution in [2.75, 3.05) is 0 Å². The minimum Gasteiger partial charge on any atom is -0.197 e. The maximum absolute atomic E-state index is 11.5. The summed E-state index contributed by atoms with van der Waals surface area (Å²) in [7, 11) is -3.89. The van der Waals surface area contributed by atoms with Crippen molar-refractivity contribution in [3.05, 3.63) is 0 Å². The molecule has 3 nitrogen and oxygen atoms in total. The summed E-state index contributed by atoms with van der Waals surface area (Å²) in [6, 6.07) is 0. The third kappa shape index (κ3) is 2.13. The van der Waals surface area contributed by atoms with Crippen LogP contribution in [0, 0.1) is 0 Å². The van der Waals surface area contributed by atoms with Gasteiger partial charge in [0.05, 0.1) is 5.25 Å². The Hall–Kier alpha value is -0.160. The smallest absolute Gasteiger partial charge is 0.197 e. The zero-order chi connectivity index (χ0) is 8.32. The lowest BCUT2D eigenvalue weighted by Crippen LogP contribution is -2.23. The molecule has 0 saturated heterocycles. The van der Waals surface area contributed by atoms with E-state index in [1.165, 1.54) is 0 Å². The van der Waals surface area contributed by atoms with Crippen LogP contribution in [0.2, 0.25) is 0 Å². The van der Waals surface area contributed by atoms with Crippen LogP contribution in [0.15, 0.2) is 0 Å². The maximum atomic E-state index is 11.5. The molecule has 66 valence electrons. The second-order valence-corrected chi connectivity index (χ2v) is 4.59. The molecule has 0 aromatic rings. The van der Waals surface area contributed by atoms with Crippen LogP contribution in [0.4, 0.5) is 4.53 Å². The van der Waals surface area contributed by atoms with Crippen LogP contribution in [0.1, 0.15) is 32.1 Å². The molecule has 1 saturated carbocycles. The van der Waals surface area contributed by atoms with Crippen molar-refractivity contribution in [1.82, 2.24) is 0 Å². The Morgan fingerprint density at radius 2 is 1.73 bits per heavy atom. The van der Waals surface area contributed by atoms with Crippen LogP contribution in [-0.4, -0.2) is 13.7 Å². The number of hydrogen-bond acceptors (Lipinski definition) is 3. The minimum absolute atomic E-state index is 0.534. The molecule has 0 aliphatic heterocycles. The molecule has 1 aliphatic rings. The second-order valence-electron chi connectivity index (χ2n) is 2.82. The van der Waals surface area contributed by atoms with Crippen LogP contribution in [-0.2, 0) is 14.5 Å². The molecule has 1 fully saturated rings. The van der Waals surface area contributed by atoms with Crippen molar-refractivity contribution in [2.45, 2.75) is 37.4 Å². The van der Waals surface area contributed by atoms with Gasteiger partial charge in [-0.1, -0.05) is 23.7 Å². The monoisotopic (exact) mass is 182 g/mol. The highest BCUT2D eigenvalue weighted by Gasteiger charge is 2.28. The maximum Gasteiger partial charge on any atom is 0.300 e. The topological polar surface area (TPSA) is 43.4 Å². The summed E-state index contributed by atoms with van der Waals surface area (Å²) in [5, 5.41) is -0.610. The van der Waals surface area contributed by atoms with Crippen molar-refractivity contribution in [1.29, 1.82) is 0 Å². The van der Waals surface area contributed by atoms with Crippen LogP contribution < -0.4 is 0 Å². The lowest BCUT2D eigenvalue weighted by molar-refractivity contribution is 0.000369. The highest BCUT2D eigenvalue weighted by Crippen LogP contribution is 2.24. The molecule has 0 bridgehead atoms. The zero-order valence-corrected chi connectivity index (χ0v) is 6.94. The number of hydrogen-bond donors (Lipinski definition) is 0. The van der Waals surface area contributed by atoms with Gasteiger partial charge < -0.3 is 0 Å². The quantitative estimate of drug-likeness (QED) is 0.650. The average Bonchev–Trinajstić information content (AvgIpc) is 2.06. The van der Waals surface area contributed by atoms with Gasteiger partial charge in [0.15, 0.2) is 0 Å². The first-order chi connectivity index (χ1) is 5.17. The van der Waals surface area contributed by atoms with Crippen molar-refractivity contribution in [3.8, 4) is 0 Å². The molecular formula is C6H11FO3S. The first-order valence-corrected chi connectivity index (χ1v) is 5.18. The van der Waals surface area contributed by atoms with E-state index < -0.39 is 15.4 Å². The van der Waals surface area contributed by atoms with Gasteiger partial charge in [0, 0.05) is 0 Å². The van der Waals surface area contributed by atoms with E-state index in [-0.39, 0.29) is 0 Å². The lowest BCUT2D eigenvalue weighted by Gasteiger charge is -2.18. The van der Waals surface area contributed by atoms with Gasteiger partial charge in [-0.2, -0.15) is 8.42 Å². The number of halogens is 1. The molecule has 1 aliphatic carbocycles. The van der Waals surface area contributed by atoms with Gasteiger partial charge in [0.1, 0.15) is 0 Å². The molecule has 0 aromatic carbocycles. The van der Waals surface area contributed by atoms with Crippen LogP contribution in [0.5, 0.6) is 0 Å². The molecule has 5 heteroatoms. The molecule has 1 rings (SSSR count). The third-order valence-corrected chi connectivity index (χ3v) is 3.51. The Bertz CT molecular complexity index is 206. The first-order valence-electron chi connectivity index (χ1n) is 3.71. The van der Waals surface area contributed by atoms with Gasteiger partial charge >= 0.3 is 10.1 Å². The molecule has 11 heavy (non-hydrogen) atoms. The summed E-state index contributed by atoms with van der Waals surface area (Å²) in [5.74, 6) is 0. The normalized spacial score (nSPS) is 21.9. The molecule has 0 radical (unpaired) electrons. The van der Waals surface area contributed by atoms with E-state index in [1.807, 2.05) is 0 Å². The average molecular weight is 182 g/mol. The summed E-state index contributed by atoms with van der Waals surface area (Å²) < 4.78 is 35.9. The SMILES string of the molecule is O=S(=O)(OF)C1CCCCC1. The summed E-state index contributed by atoms with van der Waals surface area (Å²) in [6.45, 7) is 0. The van der Waals surface area contributed by atoms with Crippen LogP contribution in [0.25, 0.3) is 0 Å². The van der Waals surface area contributed by atoms with E-state index in [1.54, 1.807) is 0 Å². The van der Waals surface area contributed by atoms with Crippen molar-refractivity contribution in [3.63, 3.8) is 0 Å². The molecule has 0 spiro atoms. The fraction of sp³-hybridized carbons (Fsp3) is 1.00. The zero-order valence-electron chi connectivity index (χ0n) is 6.12. The Morgan fingerprint density at radius 3 is 2.18 bits per heavy atom. The molecular weight excluding hydrogens is 171 g/mol. The molecule has 0 heterocycles. The van der Waals surface area contributed by atoms with Gasteiger partial charge in [-0.25, -0.2) is 0 Å². The highest BCUT2D eigenvalue weighted by molar-refractivity contribution is 7.87. The van der Waals surface area contributed by atoms with Gasteiger partial charge in [0.2, 0.25) is 0 Å². The Morgan fingerprint density at radius 1 is 1.18 bits per heavy atom. The van der Waals surface area contributed by atoms with E-state index in [0.29, 0.717) is 12.8 Å². The lowest BCUT2D eigenvalue weighted by atomic mass is 10.0. The van der Waals surface area contributed by atoms with Crippen LogP contribution >= 0.6 is 0 Å². The van der Waals surface area contributed by atoms with E-state index in [4.69, 9.17) is 0 Å². The fourth-order valence-electron chi connectivity index (χ4n) is 1.41. The minimum atomic E-state index is -3.89. The van der Waals surface area contributed by atoms with Crippen molar-refractivity contribution in [2.24, 2.45) is 0 Å². The summed E-state index contributed by atoms with van der Waals surface area (Å²) in [5.41, 5.74) is 0. The Labute approximate surface area is 65.6 Å². The predicted octanol–water partition coefficient (Wildman–Crippen LogP) is 1.55.